The van der Waals surface area contributed by atoms with Gasteiger partial charge in [-0.05, 0) is 25.8 Å². The standard InChI is InChI=1S/C16H22N4O/c1-11-17-10-12-9-14(16(21)19(2)3)20(15(12)18-11)13-7-5-4-6-8-13/h9-10,13H,4-8H2,1-3H3. The van der Waals surface area contributed by atoms with Gasteiger partial charge in [0.15, 0.2) is 0 Å². The van der Waals surface area contributed by atoms with Crippen molar-refractivity contribution < 1.29 is 4.79 Å². The summed E-state index contributed by atoms with van der Waals surface area (Å²) in [6.07, 6.45) is 7.82. The highest BCUT2D eigenvalue weighted by Gasteiger charge is 2.25. The number of nitrogens with zero attached hydrogens (tertiary/aromatic N) is 4. The van der Waals surface area contributed by atoms with Gasteiger partial charge in [0.2, 0.25) is 0 Å². The first-order valence-electron chi connectivity index (χ1n) is 7.64. The molecular weight excluding hydrogens is 264 g/mol. The summed E-state index contributed by atoms with van der Waals surface area (Å²) < 4.78 is 2.16. The van der Waals surface area contributed by atoms with Crippen LogP contribution >= 0.6 is 0 Å². The Balaban J connectivity index is 2.18. The SMILES string of the molecule is Cc1ncc2cc(C(=O)N(C)C)n(C3CCCCC3)c2n1. The minimum Gasteiger partial charge on any atom is -0.343 e. The van der Waals surface area contributed by atoms with Crippen molar-refractivity contribution in [1.29, 1.82) is 0 Å². The van der Waals surface area contributed by atoms with Gasteiger partial charge in [-0.2, -0.15) is 0 Å². The van der Waals surface area contributed by atoms with Gasteiger partial charge in [-0.3, -0.25) is 4.79 Å². The van der Waals surface area contributed by atoms with E-state index < -0.39 is 0 Å². The van der Waals surface area contributed by atoms with Crippen LogP contribution in [0.3, 0.4) is 0 Å². The number of amides is 1. The summed E-state index contributed by atoms with van der Waals surface area (Å²) in [4.78, 5) is 23.0. The summed E-state index contributed by atoms with van der Waals surface area (Å²) in [6.45, 7) is 1.89. The predicted octanol–water partition coefficient (Wildman–Crippen LogP) is 2.95. The third-order valence-corrected chi connectivity index (χ3v) is 4.26. The molecule has 2 aromatic heterocycles. The highest BCUT2D eigenvalue weighted by Crippen LogP contribution is 2.33. The Hall–Kier alpha value is -1.91. The van der Waals surface area contributed by atoms with E-state index in [0.717, 1.165) is 35.4 Å². The molecule has 3 rings (SSSR count). The number of aromatic nitrogens is 3. The van der Waals surface area contributed by atoms with Gasteiger partial charge in [-0.15, -0.1) is 0 Å². The normalized spacial score (nSPS) is 16.3. The summed E-state index contributed by atoms with van der Waals surface area (Å²) in [5, 5.41) is 0.955. The van der Waals surface area contributed by atoms with Crippen molar-refractivity contribution in [2.24, 2.45) is 0 Å². The average Bonchev–Trinajstić information content (AvgIpc) is 2.85. The minimum atomic E-state index is 0.0382. The molecule has 0 aromatic carbocycles. The third kappa shape index (κ3) is 2.52. The molecule has 0 saturated heterocycles. The summed E-state index contributed by atoms with van der Waals surface area (Å²) in [7, 11) is 3.59. The Morgan fingerprint density at radius 2 is 2.00 bits per heavy atom. The molecule has 5 heteroatoms. The number of hydrogen-bond acceptors (Lipinski definition) is 3. The van der Waals surface area contributed by atoms with Crippen molar-refractivity contribution in [3.63, 3.8) is 0 Å². The highest BCUT2D eigenvalue weighted by molar-refractivity contribution is 5.97. The van der Waals surface area contributed by atoms with Crippen LogP contribution < -0.4 is 0 Å². The second-order valence-electron chi connectivity index (χ2n) is 6.09. The van der Waals surface area contributed by atoms with Gasteiger partial charge in [0.05, 0.1) is 0 Å². The molecule has 0 spiro atoms. The maximum atomic E-state index is 12.5. The fourth-order valence-corrected chi connectivity index (χ4v) is 3.20. The molecular formula is C16H22N4O. The number of rotatable bonds is 2. The minimum absolute atomic E-state index is 0.0382. The second-order valence-corrected chi connectivity index (χ2v) is 6.09. The van der Waals surface area contributed by atoms with Crippen LogP contribution in [-0.4, -0.2) is 39.4 Å². The average molecular weight is 286 g/mol. The van der Waals surface area contributed by atoms with Crippen LogP contribution in [0.1, 0.15) is 54.5 Å². The van der Waals surface area contributed by atoms with E-state index in [2.05, 4.69) is 14.5 Å². The zero-order valence-electron chi connectivity index (χ0n) is 13.0. The van der Waals surface area contributed by atoms with Crippen LogP contribution in [0.2, 0.25) is 0 Å². The zero-order valence-corrected chi connectivity index (χ0v) is 13.0. The van der Waals surface area contributed by atoms with E-state index in [9.17, 15) is 4.79 Å². The maximum absolute atomic E-state index is 12.5. The van der Waals surface area contributed by atoms with E-state index in [-0.39, 0.29) is 5.91 Å². The lowest BCUT2D eigenvalue weighted by Gasteiger charge is -2.26. The second kappa shape index (κ2) is 5.47. The van der Waals surface area contributed by atoms with Gasteiger partial charge in [0.25, 0.3) is 5.91 Å². The smallest absolute Gasteiger partial charge is 0.270 e. The maximum Gasteiger partial charge on any atom is 0.270 e. The molecule has 0 aliphatic heterocycles. The molecule has 1 aliphatic carbocycles. The first kappa shape index (κ1) is 14.0. The van der Waals surface area contributed by atoms with Gasteiger partial charge in [0, 0.05) is 31.7 Å². The third-order valence-electron chi connectivity index (χ3n) is 4.26. The largest absolute Gasteiger partial charge is 0.343 e. The van der Waals surface area contributed by atoms with Crippen LogP contribution in [0.15, 0.2) is 12.3 Å². The quantitative estimate of drug-likeness (QED) is 0.853. The molecule has 1 fully saturated rings. The van der Waals surface area contributed by atoms with E-state index >= 15 is 0 Å². The Bertz CT molecular complexity index is 668. The number of carbonyl (C=O) groups excluding carboxylic acids is 1. The topological polar surface area (TPSA) is 51.0 Å². The van der Waals surface area contributed by atoms with E-state index in [1.54, 1.807) is 19.0 Å². The first-order valence-corrected chi connectivity index (χ1v) is 7.64. The zero-order chi connectivity index (χ0) is 15.0. The van der Waals surface area contributed by atoms with Crippen LogP contribution in [0, 0.1) is 6.92 Å². The van der Waals surface area contributed by atoms with Crippen LogP contribution in [0.4, 0.5) is 0 Å². The Labute approximate surface area is 125 Å². The molecule has 2 heterocycles. The molecule has 5 nitrogen and oxygen atoms in total. The summed E-state index contributed by atoms with van der Waals surface area (Å²) in [5.41, 5.74) is 1.64. The Kier molecular flexibility index (Phi) is 3.66. The summed E-state index contributed by atoms with van der Waals surface area (Å²) in [5.74, 6) is 0.790. The molecule has 1 aliphatic rings. The van der Waals surface area contributed by atoms with E-state index in [1.165, 1.54) is 19.3 Å². The monoisotopic (exact) mass is 286 g/mol. The van der Waals surface area contributed by atoms with Crippen molar-refractivity contribution in [3.8, 4) is 0 Å². The fourth-order valence-electron chi connectivity index (χ4n) is 3.20. The predicted molar refractivity (Wildman–Crippen MR) is 82.4 cm³/mol. The highest BCUT2D eigenvalue weighted by atomic mass is 16.2. The van der Waals surface area contributed by atoms with E-state index in [1.807, 2.05) is 19.2 Å². The summed E-state index contributed by atoms with van der Waals surface area (Å²) in [6, 6.07) is 2.32. The first-order chi connectivity index (χ1) is 10.1. The van der Waals surface area contributed by atoms with E-state index in [4.69, 9.17) is 0 Å². The lowest BCUT2D eigenvalue weighted by atomic mass is 9.95. The molecule has 0 radical (unpaired) electrons. The van der Waals surface area contributed by atoms with Gasteiger partial charge >= 0.3 is 0 Å². The lowest BCUT2D eigenvalue weighted by molar-refractivity contribution is 0.0813. The van der Waals surface area contributed by atoms with Crippen molar-refractivity contribution in [3.05, 3.63) is 23.8 Å². The molecule has 21 heavy (non-hydrogen) atoms. The molecule has 1 amide bonds. The number of aryl methyl sites for hydroxylation is 1. The van der Waals surface area contributed by atoms with E-state index in [0.29, 0.717) is 6.04 Å². The van der Waals surface area contributed by atoms with Gasteiger partial charge in [0.1, 0.15) is 17.2 Å². The van der Waals surface area contributed by atoms with Crippen molar-refractivity contribution in [1.82, 2.24) is 19.4 Å². The van der Waals surface area contributed by atoms with Gasteiger partial charge in [-0.25, -0.2) is 9.97 Å². The molecule has 112 valence electrons. The fraction of sp³-hybridized carbons (Fsp3) is 0.562. The Morgan fingerprint density at radius 3 is 2.67 bits per heavy atom. The van der Waals surface area contributed by atoms with Crippen molar-refractivity contribution >= 4 is 16.9 Å². The molecule has 2 aromatic rings. The number of fused-ring (bicyclic) bond motifs is 1. The molecule has 0 atom stereocenters. The van der Waals surface area contributed by atoms with Gasteiger partial charge < -0.3 is 9.47 Å². The van der Waals surface area contributed by atoms with Crippen LogP contribution in [-0.2, 0) is 0 Å². The molecule has 0 N–H and O–H groups in total. The number of hydrogen-bond donors (Lipinski definition) is 0. The number of carbonyl (C=O) groups is 1. The van der Waals surface area contributed by atoms with Crippen LogP contribution in [0.25, 0.3) is 11.0 Å². The van der Waals surface area contributed by atoms with Crippen molar-refractivity contribution in [2.75, 3.05) is 14.1 Å². The van der Waals surface area contributed by atoms with Crippen LogP contribution in [0.5, 0.6) is 0 Å². The lowest BCUT2D eigenvalue weighted by Crippen LogP contribution is -2.26. The molecule has 0 bridgehead atoms. The molecule has 0 unspecified atom stereocenters. The van der Waals surface area contributed by atoms with Gasteiger partial charge in [-0.1, -0.05) is 19.3 Å². The summed E-state index contributed by atoms with van der Waals surface area (Å²) >= 11 is 0. The van der Waals surface area contributed by atoms with Crippen molar-refractivity contribution in [2.45, 2.75) is 45.1 Å². The molecule has 1 saturated carbocycles. The Morgan fingerprint density at radius 1 is 1.29 bits per heavy atom.